The maximum absolute atomic E-state index is 11.2. The van der Waals surface area contributed by atoms with Crippen LogP contribution < -0.4 is 16.0 Å². The van der Waals surface area contributed by atoms with Crippen LogP contribution in [0.4, 0.5) is 11.6 Å². The first-order chi connectivity index (χ1) is 7.17. The Morgan fingerprint density at radius 2 is 2.00 bits per heavy atom. The summed E-state index contributed by atoms with van der Waals surface area (Å²) in [6, 6.07) is 1.41. The Labute approximate surface area is 88.5 Å². The third-order valence-electron chi connectivity index (χ3n) is 1.93. The van der Waals surface area contributed by atoms with Crippen molar-refractivity contribution in [3.63, 3.8) is 0 Å². The fourth-order valence-corrected chi connectivity index (χ4v) is 1.08. The van der Waals surface area contributed by atoms with Crippen molar-refractivity contribution in [3.05, 3.63) is 12.4 Å². The maximum Gasteiger partial charge on any atom is 0.241 e. The molecule has 0 aliphatic heterocycles. The molecule has 1 atom stereocenters. The van der Waals surface area contributed by atoms with Crippen LogP contribution in [0.25, 0.3) is 0 Å². The van der Waals surface area contributed by atoms with Gasteiger partial charge in [-0.3, -0.25) is 4.79 Å². The van der Waals surface area contributed by atoms with E-state index in [2.05, 4.69) is 25.9 Å². The third-order valence-corrected chi connectivity index (χ3v) is 1.93. The molecule has 0 aliphatic rings. The van der Waals surface area contributed by atoms with Gasteiger partial charge in [-0.2, -0.15) is 0 Å². The van der Waals surface area contributed by atoms with Crippen LogP contribution in [0.1, 0.15) is 6.92 Å². The number of aromatic nitrogens is 2. The molecule has 0 aliphatic carbocycles. The number of hydrogen-bond acceptors (Lipinski definition) is 5. The van der Waals surface area contributed by atoms with Gasteiger partial charge in [0, 0.05) is 20.2 Å². The van der Waals surface area contributed by atoms with Crippen molar-refractivity contribution in [2.45, 2.75) is 13.0 Å². The highest BCUT2D eigenvalue weighted by atomic mass is 16.2. The number of anilines is 2. The molecular formula is C9H15N5O. The van der Waals surface area contributed by atoms with Gasteiger partial charge in [0.1, 0.15) is 24.0 Å². The van der Waals surface area contributed by atoms with E-state index in [1.54, 1.807) is 27.1 Å². The molecule has 0 radical (unpaired) electrons. The van der Waals surface area contributed by atoms with Gasteiger partial charge in [-0.25, -0.2) is 9.97 Å². The molecule has 0 fully saturated rings. The van der Waals surface area contributed by atoms with Crippen molar-refractivity contribution >= 4 is 17.5 Å². The summed E-state index contributed by atoms with van der Waals surface area (Å²) < 4.78 is 0. The molecule has 6 heteroatoms. The highest BCUT2D eigenvalue weighted by Gasteiger charge is 2.10. The minimum atomic E-state index is -0.324. The highest BCUT2D eigenvalue weighted by Crippen LogP contribution is 2.08. The first kappa shape index (κ1) is 11.2. The fourth-order valence-electron chi connectivity index (χ4n) is 1.08. The van der Waals surface area contributed by atoms with Crippen LogP contribution >= 0.6 is 0 Å². The second-order valence-electron chi connectivity index (χ2n) is 3.02. The summed E-state index contributed by atoms with van der Waals surface area (Å²) in [4.78, 5) is 19.2. The second kappa shape index (κ2) is 5.14. The van der Waals surface area contributed by atoms with E-state index in [0.29, 0.717) is 11.6 Å². The molecule has 1 aromatic heterocycles. The van der Waals surface area contributed by atoms with Gasteiger partial charge in [-0.15, -0.1) is 0 Å². The Morgan fingerprint density at radius 3 is 2.60 bits per heavy atom. The lowest BCUT2D eigenvalue weighted by molar-refractivity contribution is -0.121. The Balaban J connectivity index is 2.67. The van der Waals surface area contributed by atoms with Gasteiger partial charge in [0.25, 0.3) is 0 Å². The summed E-state index contributed by atoms with van der Waals surface area (Å²) >= 11 is 0. The Morgan fingerprint density at radius 1 is 1.33 bits per heavy atom. The predicted octanol–water partition coefficient (Wildman–Crippen LogP) is 0.0647. The lowest BCUT2D eigenvalue weighted by Crippen LogP contribution is -2.35. The zero-order valence-corrected chi connectivity index (χ0v) is 9.03. The number of rotatable bonds is 4. The van der Waals surface area contributed by atoms with Gasteiger partial charge in [0.15, 0.2) is 0 Å². The molecule has 82 valence electrons. The minimum Gasteiger partial charge on any atom is -0.373 e. The lowest BCUT2D eigenvalue weighted by Gasteiger charge is -2.12. The number of carbonyl (C=O) groups is 1. The summed E-state index contributed by atoms with van der Waals surface area (Å²) in [5, 5.41) is 8.41. The van der Waals surface area contributed by atoms with E-state index in [9.17, 15) is 4.79 Å². The largest absolute Gasteiger partial charge is 0.373 e. The summed E-state index contributed by atoms with van der Waals surface area (Å²) in [6.45, 7) is 1.76. The summed E-state index contributed by atoms with van der Waals surface area (Å²) in [5.74, 6) is 1.24. The minimum absolute atomic E-state index is 0.0837. The van der Waals surface area contributed by atoms with Gasteiger partial charge in [0.2, 0.25) is 5.91 Å². The smallest absolute Gasteiger partial charge is 0.241 e. The molecule has 1 amide bonds. The van der Waals surface area contributed by atoms with Gasteiger partial charge in [-0.1, -0.05) is 0 Å². The quantitative estimate of drug-likeness (QED) is 0.653. The molecule has 1 rings (SSSR count). The number of nitrogens with zero attached hydrogens (tertiary/aromatic N) is 2. The van der Waals surface area contributed by atoms with Gasteiger partial charge in [-0.05, 0) is 6.92 Å². The number of likely N-dealkylation sites (N-methyl/N-ethyl adjacent to an activating group) is 1. The zero-order chi connectivity index (χ0) is 11.3. The van der Waals surface area contributed by atoms with Crippen LogP contribution in [0.5, 0.6) is 0 Å². The van der Waals surface area contributed by atoms with Gasteiger partial charge in [0.05, 0.1) is 0 Å². The molecule has 0 saturated carbocycles. The molecule has 0 bridgehead atoms. The van der Waals surface area contributed by atoms with Crippen LogP contribution in [-0.4, -0.2) is 36.0 Å². The van der Waals surface area contributed by atoms with Crippen molar-refractivity contribution in [1.82, 2.24) is 15.3 Å². The monoisotopic (exact) mass is 209 g/mol. The average Bonchev–Trinajstić information content (AvgIpc) is 2.28. The molecule has 15 heavy (non-hydrogen) atoms. The molecule has 0 spiro atoms. The third kappa shape index (κ3) is 3.08. The summed E-state index contributed by atoms with van der Waals surface area (Å²) in [7, 11) is 3.37. The molecule has 1 heterocycles. The number of amides is 1. The highest BCUT2D eigenvalue weighted by molar-refractivity contribution is 5.83. The van der Waals surface area contributed by atoms with Crippen LogP contribution in [0.15, 0.2) is 12.4 Å². The van der Waals surface area contributed by atoms with Crippen molar-refractivity contribution in [3.8, 4) is 0 Å². The number of carbonyl (C=O) groups excluding carboxylic acids is 1. The lowest BCUT2D eigenvalue weighted by atomic mass is 10.3. The number of nitrogens with one attached hydrogen (secondary N) is 3. The van der Waals surface area contributed by atoms with Crippen molar-refractivity contribution in [1.29, 1.82) is 0 Å². The van der Waals surface area contributed by atoms with Crippen LogP contribution in [0, 0.1) is 0 Å². The average molecular weight is 209 g/mol. The number of hydrogen-bond donors (Lipinski definition) is 3. The predicted molar refractivity (Wildman–Crippen MR) is 58.7 cm³/mol. The Hall–Kier alpha value is -1.85. The molecule has 0 aromatic carbocycles. The van der Waals surface area contributed by atoms with E-state index < -0.39 is 0 Å². The van der Waals surface area contributed by atoms with E-state index in [1.165, 1.54) is 6.33 Å². The molecule has 0 saturated heterocycles. The first-order valence-electron chi connectivity index (χ1n) is 4.65. The topological polar surface area (TPSA) is 78.9 Å². The molecule has 3 N–H and O–H groups in total. The maximum atomic E-state index is 11.2. The molecular weight excluding hydrogens is 194 g/mol. The Kier molecular flexibility index (Phi) is 3.84. The van der Waals surface area contributed by atoms with Crippen molar-refractivity contribution in [2.24, 2.45) is 0 Å². The Bertz CT molecular complexity index is 341. The van der Waals surface area contributed by atoms with E-state index in [4.69, 9.17) is 0 Å². The van der Waals surface area contributed by atoms with Crippen molar-refractivity contribution < 1.29 is 4.79 Å². The second-order valence-corrected chi connectivity index (χ2v) is 3.02. The normalized spacial score (nSPS) is 11.7. The SMILES string of the molecule is CNC(=O)C(C)Nc1cc(NC)ncn1. The van der Waals surface area contributed by atoms with E-state index in [-0.39, 0.29) is 11.9 Å². The summed E-state index contributed by atoms with van der Waals surface area (Å²) in [5.41, 5.74) is 0. The van der Waals surface area contributed by atoms with Gasteiger partial charge < -0.3 is 16.0 Å². The first-order valence-corrected chi connectivity index (χ1v) is 4.65. The van der Waals surface area contributed by atoms with E-state index in [1.807, 2.05) is 0 Å². The summed E-state index contributed by atoms with van der Waals surface area (Å²) in [6.07, 6.45) is 1.44. The molecule has 1 unspecified atom stereocenters. The molecule has 6 nitrogen and oxygen atoms in total. The van der Waals surface area contributed by atoms with Crippen LogP contribution in [0.2, 0.25) is 0 Å². The van der Waals surface area contributed by atoms with Crippen molar-refractivity contribution in [2.75, 3.05) is 24.7 Å². The van der Waals surface area contributed by atoms with Crippen LogP contribution in [-0.2, 0) is 4.79 Å². The fraction of sp³-hybridized carbons (Fsp3) is 0.444. The standard InChI is InChI=1S/C9H15N5O/c1-6(9(15)11-3)14-8-4-7(10-2)12-5-13-8/h4-6H,1-3H3,(H,11,15)(H2,10,12,13,14). The van der Waals surface area contributed by atoms with E-state index in [0.717, 1.165) is 0 Å². The zero-order valence-electron chi connectivity index (χ0n) is 9.03. The van der Waals surface area contributed by atoms with E-state index >= 15 is 0 Å². The molecule has 1 aromatic rings. The van der Waals surface area contributed by atoms with Gasteiger partial charge >= 0.3 is 0 Å². The van der Waals surface area contributed by atoms with Crippen LogP contribution in [0.3, 0.4) is 0 Å².